The number of benzene rings is 1. The van der Waals surface area contributed by atoms with E-state index in [1.54, 1.807) is 0 Å². The summed E-state index contributed by atoms with van der Waals surface area (Å²) in [6.07, 6.45) is 1.06. The van der Waals surface area contributed by atoms with E-state index in [-0.39, 0.29) is 11.3 Å². The van der Waals surface area contributed by atoms with Crippen molar-refractivity contribution in [1.29, 1.82) is 0 Å². The maximum absolute atomic E-state index is 12.1. The summed E-state index contributed by atoms with van der Waals surface area (Å²) >= 11 is 0. The van der Waals surface area contributed by atoms with E-state index in [1.807, 2.05) is 0 Å². The summed E-state index contributed by atoms with van der Waals surface area (Å²) in [5.74, 6) is -3.54. The summed E-state index contributed by atoms with van der Waals surface area (Å²) in [5, 5.41) is 15.7. The number of nitrogens with one attached hydrogen (secondary N) is 2. The van der Waals surface area contributed by atoms with Crippen molar-refractivity contribution in [1.82, 2.24) is 5.32 Å². The Morgan fingerprint density at radius 2 is 1.73 bits per heavy atom. The van der Waals surface area contributed by atoms with Crippen LogP contribution in [0.5, 0.6) is 0 Å². The second-order valence-corrected chi connectivity index (χ2v) is 5.92. The third-order valence-corrected chi connectivity index (χ3v) is 3.33. The molecule has 10 nitrogen and oxygen atoms in total. The van der Waals surface area contributed by atoms with E-state index in [0.29, 0.717) is 5.69 Å². The van der Waals surface area contributed by atoms with Crippen molar-refractivity contribution in [2.45, 2.75) is 32.6 Å². The van der Waals surface area contributed by atoms with Crippen molar-refractivity contribution in [3.05, 3.63) is 46.2 Å². The topological polar surface area (TPSA) is 137 Å². The van der Waals surface area contributed by atoms with Crippen LogP contribution in [-0.2, 0) is 23.9 Å². The number of cyclic esters (lactones) is 2. The SMILES string of the molecule is C[C@@H](NC=C1C(=O)OC(C)(C)OC1=O)C(=O)Nc1ccc([N+](=O)[O-])cc1. The minimum absolute atomic E-state index is 0.101. The molecule has 0 saturated carbocycles. The van der Waals surface area contributed by atoms with Gasteiger partial charge in [-0.3, -0.25) is 14.9 Å². The van der Waals surface area contributed by atoms with Gasteiger partial charge in [-0.2, -0.15) is 0 Å². The number of hydrogen-bond acceptors (Lipinski definition) is 8. The number of hydrogen-bond donors (Lipinski definition) is 2. The molecule has 10 heteroatoms. The van der Waals surface area contributed by atoms with Crippen LogP contribution in [0.25, 0.3) is 0 Å². The number of non-ortho nitro benzene ring substituents is 1. The molecular formula is C16H17N3O7. The molecule has 0 bridgehead atoms. The summed E-state index contributed by atoms with van der Waals surface area (Å²) in [5.41, 5.74) is -0.101. The van der Waals surface area contributed by atoms with E-state index in [4.69, 9.17) is 9.47 Å². The highest BCUT2D eigenvalue weighted by molar-refractivity contribution is 6.15. The Morgan fingerprint density at radius 1 is 1.19 bits per heavy atom. The van der Waals surface area contributed by atoms with Gasteiger partial charge in [-0.15, -0.1) is 0 Å². The van der Waals surface area contributed by atoms with E-state index in [0.717, 1.165) is 6.20 Å². The van der Waals surface area contributed by atoms with Crippen LogP contribution < -0.4 is 10.6 Å². The number of ether oxygens (including phenoxy) is 2. The van der Waals surface area contributed by atoms with Gasteiger partial charge in [0.05, 0.1) is 4.92 Å². The van der Waals surface area contributed by atoms with Crippen molar-refractivity contribution in [3.63, 3.8) is 0 Å². The largest absolute Gasteiger partial charge is 0.419 e. The number of nitro benzene ring substituents is 1. The fourth-order valence-electron chi connectivity index (χ4n) is 1.98. The Kier molecular flexibility index (Phi) is 5.24. The van der Waals surface area contributed by atoms with Gasteiger partial charge in [0, 0.05) is 37.9 Å². The lowest BCUT2D eigenvalue weighted by atomic mass is 10.2. The Balaban J connectivity index is 1.97. The van der Waals surface area contributed by atoms with Crippen molar-refractivity contribution >= 4 is 29.2 Å². The monoisotopic (exact) mass is 363 g/mol. The standard InChI is InChI=1S/C16H17N3O7/c1-9(13(20)18-10-4-6-11(7-5-10)19(23)24)17-8-12-14(21)25-16(2,3)26-15(12)22/h4-9,17H,1-3H3,(H,18,20)/t9-/m1/s1. The molecule has 0 spiro atoms. The normalized spacial score (nSPS) is 16.8. The second-order valence-electron chi connectivity index (χ2n) is 5.92. The van der Waals surface area contributed by atoms with Crippen LogP contribution in [0.3, 0.4) is 0 Å². The summed E-state index contributed by atoms with van der Waals surface area (Å²) in [4.78, 5) is 45.7. The Bertz CT molecular complexity index is 762. The van der Waals surface area contributed by atoms with Gasteiger partial charge in [0.15, 0.2) is 5.57 Å². The first-order valence-corrected chi connectivity index (χ1v) is 7.57. The lowest BCUT2D eigenvalue weighted by molar-refractivity contribution is -0.384. The molecular weight excluding hydrogens is 346 g/mol. The quantitative estimate of drug-likeness (QED) is 0.262. The van der Waals surface area contributed by atoms with Crippen molar-refractivity contribution in [3.8, 4) is 0 Å². The van der Waals surface area contributed by atoms with Gasteiger partial charge in [-0.05, 0) is 19.1 Å². The highest BCUT2D eigenvalue weighted by Gasteiger charge is 2.39. The number of nitrogens with zero attached hydrogens (tertiary/aromatic N) is 1. The maximum atomic E-state index is 12.1. The van der Waals surface area contributed by atoms with Crippen LogP contribution >= 0.6 is 0 Å². The molecule has 1 aromatic rings. The summed E-state index contributed by atoms with van der Waals surface area (Å²) in [6.45, 7) is 4.35. The number of nitro groups is 1. The molecule has 2 rings (SSSR count). The second kappa shape index (κ2) is 7.21. The van der Waals surface area contributed by atoms with E-state index in [9.17, 15) is 24.5 Å². The number of esters is 2. The van der Waals surface area contributed by atoms with Crippen LogP contribution in [0, 0.1) is 10.1 Å². The molecule has 2 N–H and O–H groups in total. The van der Waals surface area contributed by atoms with Gasteiger partial charge in [0.25, 0.3) is 11.5 Å². The van der Waals surface area contributed by atoms with Gasteiger partial charge < -0.3 is 20.1 Å². The molecule has 1 aliphatic rings. The van der Waals surface area contributed by atoms with Crippen LogP contribution in [-0.4, -0.2) is 34.6 Å². The predicted octanol–water partition coefficient (Wildman–Crippen LogP) is 1.23. The average molecular weight is 363 g/mol. The molecule has 138 valence electrons. The maximum Gasteiger partial charge on any atom is 0.350 e. The van der Waals surface area contributed by atoms with Gasteiger partial charge in [0.1, 0.15) is 6.04 Å². The molecule has 1 aliphatic heterocycles. The zero-order valence-electron chi connectivity index (χ0n) is 14.3. The Morgan fingerprint density at radius 3 is 2.23 bits per heavy atom. The molecule has 0 unspecified atom stereocenters. The first kappa shape index (κ1) is 18.9. The van der Waals surface area contributed by atoms with Gasteiger partial charge in [-0.25, -0.2) is 9.59 Å². The van der Waals surface area contributed by atoms with Crippen LogP contribution in [0.1, 0.15) is 20.8 Å². The molecule has 1 amide bonds. The molecule has 1 heterocycles. The average Bonchev–Trinajstić information content (AvgIpc) is 2.53. The molecule has 0 radical (unpaired) electrons. The number of carbonyl (C=O) groups is 3. The van der Waals surface area contributed by atoms with Gasteiger partial charge in [-0.1, -0.05) is 0 Å². The van der Waals surface area contributed by atoms with Crippen LogP contribution in [0.2, 0.25) is 0 Å². The van der Waals surface area contributed by atoms with E-state index < -0.39 is 34.6 Å². The van der Waals surface area contributed by atoms with Crippen molar-refractivity contribution in [2.24, 2.45) is 0 Å². The smallest absolute Gasteiger partial charge is 0.350 e. The predicted molar refractivity (Wildman–Crippen MR) is 88.7 cm³/mol. The number of amides is 1. The zero-order valence-corrected chi connectivity index (χ0v) is 14.3. The molecule has 26 heavy (non-hydrogen) atoms. The minimum atomic E-state index is -1.34. The molecule has 0 aliphatic carbocycles. The van der Waals surface area contributed by atoms with Crippen LogP contribution in [0.15, 0.2) is 36.0 Å². The first-order valence-electron chi connectivity index (χ1n) is 7.57. The first-order chi connectivity index (χ1) is 12.1. The highest BCUT2D eigenvalue weighted by atomic mass is 16.7. The van der Waals surface area contributed by atoms with E-state index in [1.165, 1.54) is 45.0 Å². The third kappa shape index (κ3) is 4.56. The van der Waals surface area contributed by atoms with E-state index >= 15 is 0 Å². The number of rotatable bonds is 5. The van der Waals surface area contributed by atoms with Gasteiger partial charge >= 0.3 is 11.9 Å². The minimum Gasteiger partial charge on any atom is -0.419 e. The number of carbonyl (C=O) groups excluding carboxylic acids is 3. The van der Waals surface area contributed by atoms with Crippen LogP contribution in [0.4, 0.5) is 11.4 Å². The molecule has 1 saturated heterocycles. The molecule has 1 atom stereocenters. The lowest BCUT2D eigenvalue weighted by Crippen LogP contribution is -2.43. The highest BCUT2D eigenvalue weighted by Crippen LogP contribution is 2.22. The number of anilines is 1. The van der Waals surface area contributed by atoms with Crippen molar-refractivity contribution < 1.29 is 28.8 Å². The summed E-state index contributed by atoms with van der Waals surface area (Å²) in [7, 11) is 0. The zero-order chi connectivity index (χ0) is 19.5. The molecule has 1 aromatic carbocycles. The Labute approximate surface area is 148 Å². The summed E-state index contributed by atoms with van der Waals surface area (Å²) in [6, 6.07) is 4.48. The fourth-order valence-corrected chi connectivity index (χ4v) is 1.98. The fraction of sp³-hybridized carbons (Fsp3) is 0.312. The molecule has 0 aromatic heterocycles. The van der Waals surface area contributed by atoms with Gasteiger partial charge in [0.2, 0.25) is 5.91 Å². The Hall–Kier alpha value is -3.43. The van der Waals surface area contributed by atoms with Crippen molar-refractivity contribution in [2.75, 3.05) is 5.32 Å². The summed E-state index contributed by atoms with van der Waals surface area (Å²) < 4.78 is 9.86. The lowest BCUT2D eigenvalue weighted by Gasteiger charge is -2.29. The van der Waals surface area contributed by atoms with E-state index in [2.05, 4.69) is 10.6 Å². The third-order valence-electron chi connectivity index (χ3n) is 3.33. The molecule has 1 fully saturated rings.